The minimum absolute atomic E-state index is 0.169. The molecule has 4 nitrogen and oxygen atoms in total. The second-order valence-electron chi connectivity index (χ2n) is 7.46. The summed E-state index contributed by atoms with van der Waals surface area (Å²) < 4.78 is 13.2. The Morgan fingerprint density at radius 1 is 0.968 bits per heavy atom. The average Bonchev–Trinajstić information content (AvgIpc) is 3.40. The van der Waals surface area contributed by atoms with Crippen LogP contribution < -0.4 is 0 Å². The van der Waals surface area contributed by atoms with Gasteiger partial charge in [-0.25, -0.2) is 4.39 Å². The van der Waals surface area contributed by atoms with E-state index < -0.39 is 17.7 Å². The molecule has 0 spiro atoms. The molecule has 0 saturated heterocycles. The molecule has 1 N–H and O–H groups in total. The fourth-order valence-corrected chi connectivity index (χ4v) is 4.69. The largest absolute Gasteiger partial charge is 0.503 e. The number of aliphatic hydroxyl groups is 1. The monoisotopic (exact) mass is 435 g/mol. The summed E-state index contributed by atoms with van der Waals surface area (Å²) in [5.74, 6) is -1.54. The van der Waals surface area contributed by atoms with Gasteiger partial charge in [0.2, 0.25) is 0 Å². The van der Waals surface area contributed by atoms with Gasteiger partial charge in [0.25, 0.3) is 5.91 Å². The predicted octanol–water partition coefficient (Wildman–Crippen LogP) is 5.03. The molecule has 0 aliphatic carbocycles. The number of nitrogens with zero attached hydrogens (tertiary/aromatic N) is 1. The van der Waals surface area contributed by atoms with E-state index in [1.807, 2.05) is 47.8 Å². The highest BCUT2D eigenvalue weighted by Crippen LogP contribution is 2.40. The molecule has 6 heteroatoms. The maximum absolute atomic E-state index is 13.2. The first-order valence-corrected chi connectivity index (χ1v) is 11.0. The Morgan fingerprint density at radius 3 is 2.35 bits per heavy atom. The van der Waals surface area contributed by atoms with Crippen molar-refractivity contribution >= 4 is 23.0 Å². The van der Waals surface area contributed by atoms with E-state index in [4.69, 9.17) is 0 Å². The van der Waals surface area contributed by atoms with Crippen LogP contribution in [0.25, 0.3) is 0 Å². The number of amides is 1. The number of thiophene rings is 1. The summed E-state index contributed by atoms with van der Waals surface area (Å²) in [4.78, 5) is 28.4. The fraction of sp³-hybridized carbons (Fsp3) is 0.200. The van der Waals surface area contributed by atoms with E-state index in [9.17, 15) is 19.1 Å². The van der Waals surface area contributed by atoms with Crippen LogP contribution in [0.4, 0.5) is 4.39 Å². The van der Waals surface area contributed by atoms with Crippen LogP contribution in [0.15, 0.2) is 83.4 Å². The number of carbonyl (C=O) groups is 2. The molecule has 0 fully saturated rings. The molecule has 2 aromatic carbocycles. The Bertz CT molecular complexity index is 1090. The van der Waals surface area contributed by atoms with E-state index >= 15 is 0 Å². The number of halogens is 1. The minimum atomic E-state index is -0.601. The Hall–Kier alpha value is -3.25. The van der Waals surface area contributed by atoms with Gasteiger partial charge in [0.05, 0.1) is 11.6 Å². The second kappa shape index (κ2) is 9.27. The van der Waals surface area contributed by atoms with Crippen LogP contribution in [0.1, 0.15) is 28.5 Å². The molecule has 0 bridgehead atoms. The SMILES string of the molecule is O=C(CCc1ccccc1)C1=C(O)C(=O)N(CCc2ccc(F)cc2)C1c1cccs1. The molecule has 0 radical (unpaired) electrons. The summed E-state index contributed by atoms with van der Waals surface area (Å²) in [7, 11) is 0. The molecule has 1 unspecified atom stereocenters. The second-order valence-corrected chi connectivity index (χ2v) is 8.44. The van der Waals surface area contributed by atoms with Gasteiger partial charge in [0.15, 0.2) is 11.5 Å². The minimum Gasteiger partial charge on any atom is -0.503 e. The van der Waals surface area contributed by atoms with Gasteiger partial charge in [0, 0.05) is 17.8 Å². The maximum atomic E-state index is 13.2. The molecular weight excluding hydrogens is 413 g/mol. The summed E-state index contributed by atoms with van der Waals surface area (Å²) >= 11 is 1.45. The lowest BCUT2D eigenvalue weighted by Crippen LogP contribution is -2.32. The first kappa shape index (κ1) is 21.0. The molecule has 158 valence electrons. The van der Waals surface area contributed by atoms with Crippen LogP contribution >= 0.6 is 11.3 Å². The quantitative estimate of drug-likeness (QED) is 0.540. The molecular formula is C25H22FNO3S. The first-order valence-electron chi connectivity index (χ1n) is 10.1. The van der Waals surface area contributed by atoms with Gasteiger partial charge in [0.1, 0.15) is 5.82 Å². The van der Waals surface area contributed by atoms with Gasteiger partial charge < -0.3 is 10.0 Å². The third kappa shape index (κ3) is 4.59. The molecule has 2 heterocycles. The summed E-state index contributed by atoms with van der Waals surface area (Å²) in [6, 6.07) is 18.9. The Labute approximate surface area is 184 Å². The van der Waals surface area contributed by atoms with Crippen molar-refractivity contribution in [2.45, 2.75) is 25.3 Å². The van der Waals surface area contributed by atoms with E-state index in [0.717, 1.165) is 16.0 Å². The number of carbonyl (C=O) groups excluding carboxylic acids is 2. The number of ketones is 1. The summed E-state index contributed by atoms with van der Waals surface area (Å²) in [6.07, 6.45) is 1.24. The lowest BCUT2D eigenvalue weighted by atomic mass is 9.97. The van der Waals surface area contributed by atoms with Crippen LogP contribution in [0, 0.1) is 5.82 Å². The van der Waals surface area contributed by atoms with Crippen molar-refractivity contribution in [3.8, 4) is 0 Å². The summed E-state index contributed by atoms with van der Waals surface area (Å²) in [5.41, 5.74) is 2.08. The number of hydrogen-bond donors (Lipinski definition) is 1. The van der Waals surface area contributed by atoms with Crippen molar-refractivity contribution in [1.82, 2.24) is 4.90 Å². The zero-order valence-corrected chi connectivity index (χ0v) is 17.6. The van der Waals surface area contributed by atoms with E-state index in [2.05, 4.69) is 0 Å². The average molecular weight is 436 g/mol. The van der Waals surface area contributed by atoms with Crippen LogP contribution in [-0.2, 0) is 22.4 Å². The molecule has 1 aliphatic rings. The number of aryl methyl sites for hydroxylation is 1. The number of benzene rings is 2. The van der Waals surface area contributed by atoms with Gasteiger partial charge >= 0.3 is 0 Å². The Morgan fingerprint density at radius 2 is 1.68 bits per heavy atom. The molecule has 1 aromatic heterocycles. The highest BCUT2D eigenvalue weighted by Gasteiger charge is 2.43. The van der Waals surface area contributed by atoms with Gasteiger partial charge in [-0.05, 0) is 47.5 Å². The lowest BCUT2D eigenvalue weighted by Gasteiger charge is -2.25. The molecule has 4 rings (SSSR count). The fourth-order valence-electron chi connectivity index (χ4n) is 3.85. The normalized spacial score (nSPS) is 16.2. The van der Waals surface area contributed by atoms with E-state index in [1.54, 1.807) is 17.0 Å². The lowest BCUT2D eigenvalue weighted by molar-refractivity contribution is -0.129. The molecule has 1 aliphatic heterocycles. The van der Waals surface area contributed by atoms with Crippen LogP contribution in [0.2, 0.25) is 0 Å². The maximum Gasteiger partial charge on any atom is 0.290 e. The number of rotatable bonds is 8. The highest BCUT2D eigenvalue weighted by molar-refractivity contribution is 7.10. The Balaban J connectivity index is 1.55. The number of aliphatic hydroxyl groups excluding tert-OH is 1. The highest BCUT2D eigenvalue weighted by atomic mass is 32.1. The topological polar surface area (TPSA) is 57.6 Å². The molecule has 1 amide bonds. The van der Waals surface area contributed by atoms with Crippen molar-refractivity contribution < 1.29 is 19.1 Å². The molecule has 31 heavy (non-hydrogen) atoms. The van der Waals surface area contributed by atoms with Gasteiger partial charge in [-0.3, -0.25) is 9.59 Å². The zero-order chi connectivity index (χ0) is 21.8. The van der Waals surface area contributed by atoms with Crippen molar-refractivity contribution in [2.24, 2.45) is 0 Å². The molecule has 3 aromatic rings. The predicted molar refractivity (Wildman–Crippen MR) is 118 cm³/mol. The number of Topliss-reactive ketones (excluding diaryl/α,β-unsaturated/α-hetero) is 1. The smallest absolute Gasteiger partial charge is 0.290 e. The molecule has 0 saturated carbocycles. The zero-order valence-electron chi connectivity index (χ0n) is 16.8. The van der Waals surface area contributed by atoms with Crippen molar-refractivity contribution in [1.29, 1.82) is 0 Å². The first-order chi connectivity index (χ1) is 15.0. The third-order valence-corrected chi connectivity index (χ3v) is 6.38. The van der Waals surface area contributed by atoms with Gasteiger partial charge in [-0.1, -0.05) is 48.5 Å². The summed E-state index contributed by atoms with van der Waals surface area (Å²) in [6.45, 7) is 0.312. The number of hydrogen-bond acceptors (Lipinski definition) is 4. The van der Waals surface area contributed by atoms with Crippen LogP contribution in [0.3, 0.4) is 0 Å². The van der Waals surface area contributed by atoms with E-state index in [1.165, 1.54) is 23.5 Å². The van der Waals surface area contributed by atoms with Crippen LogP contribution in [0.5, 0.6) is 0 Å². The van der Waals surface area contributed by atoms with E-state index in [0.29, 0.717) is 19.4 Å². The van der Waals surface area contributed by atoms with Crippen molar-refractivity contribution in [3.05, 3.63) is 105 Å². The van der Waals surface area contributed by atoms with Gasteiger partial charge in [-0.15, -0.1) is 11.3 Å². The Kier molecular flexibility index (Phi) is 6.28. The van der Waals surface area contributed by atoms with Crippen molar-refractivity contribution in [3.63, 3.8) is 0 Å². The van der Waals surface area contributed by atoms with Crippen molar-refractivity contribution in [2.75, 3.05) is 6.54 Å². The van der Waals surface area contributed by atoms with E-state index in [-0.39, 0.29) is 23.6 Å². The van der Waals surface area contributed by atoms with Gasteiger partial charge in [-0.2, -0.15) is 0 Å². The molecule has 1 atom stereocenters. The summed E-state index contributed by atoms with van der Waals surface area (Å²) in [5, 5.41) is 12.5. The standard InChI is InChI=1S/C25H22FNO3S/c26-19-11-8-18(9-12-19)14-15-27-23(21-7-4-16-31-21)22(24(29)25(27)30)20(28)13-10-17-5-2-1-3-6-17/h1-9,11-12,16,23,29H,10,13-15H2. The van der Waals surface area contributed by atoms with Crippen LogP contribution in [-0.4, -0.2) is 28.2 Å². The third-order valence-electron chi connectivity index (χ3n) is 5.45.